The molecule has 2 aliphatic rings. The topological polar surface area (TPSA) is 102 Å². The second-order valence-electron chi connectivity index (χ2n) is 10.2. The van der Waals surface area contributed by atoms with E-state index in [1.165, 1.54) is 18.9 Å². The van der Waals surface area contributed by atoms with E-state index in [0.29, 0.717) is 28.8 Å². The third kappa shape index (κ3) is 6.87. The van der Waals surface area contributed by atoms with Crippen LogP contribution in [0.1, 0.15) is 54.4 Å². The van der Waals surface area contributed by atoms with Crippen LogP contribution >= 0.6 is 0 Å². The van der Waals surface area contributed by atoms with E-state index in [1.807, 2.05) is 12.1 Å². The van der Waals surface area contributed by atoms with Crippen LogP contribution in [0.3, 0.4) is 0 Å². The van der Waals surface area contributed by atoms with Crippen LogP contribution < -0.4 is 29.3 Å². The van der Waals surface area contributed by atoms with Crippen LogP contribution in [0.5, 0.6) is 17.2 Å². The number of methoxy groups -OCH3 is 3. The van der Waals surface area contributed by atoms with Crippen LogP contribution in [-0.2, 0) is 0 Å². The van der Waals surface area contributed by atoms with Gasteiger partial charge in [-0.3, -0.25) is 4.79 Å². The molecule has 0 radical (unpaired) electrons. The molecule has 0 unspecified atom stereocenters. The van der Waals surface area contributed by atoms with Crippen molar-refractivity contribution in [2.45, 2.75) is 38.5 Å². The number of rotatable bonds is 10. The maximum absolute atomic E-state index is 12.9. The lowest BCUT2D eigenvalue weighted by Gasteiger charge is -2.30. The quantitative estimate of drug-likeness (QED) is 0.253. The van der Waals surface area contributed by atoms with Crippen molar-refractivity contribution in [2.75, 3.05) is 62.6 Å². The predicted octanol–water partition coefficient (Wildman–Crippen LogP) is 5.52. The molecule has 0 saturated carbocycles. The fraction of sp³-hybridized carbons (Fsp3) is 0.419. The Labute approximate surface area is 241 Å². The van der Waals surface area contributed by atoms with Gasteiger partial charge in [-0.25, -0.2) is 0 Å². The van der Waals surface area contributed by atoms with Gasteiger partial charge in [0.05, 0.1) is 21.3 Å². The number of carbonyl (C=O) groups excluding carboxylic acids is 1. The van der Waals surface area contributed by atoms with Crippen LogP contribution in [0.4, 0.5) is 23.5 Å². The van der Waals surface area contributed by atoms with Gasteiger partial charge in [0.25, 0.3) is 0 Å². The van der Waals surface area contributed by atoms with Gasteiger partial charge < -0.3 is 29.3 Å². The standard InChI is InChI=1S/C31H38N6O4/c1-39-26-20-22(21-27(40-2)28(26)41-3)10-15-25(38)23-11-13-24(14-12-23)32-29-33-30(36-16-6-4-7-17-36)35-31(34-29)37-18-8-5-9-19-37/h10-15,20-21H,4-9,16-19H2,1-3H3,(H,32,33,34,35)/b15-10+. The molecule has 2 saturated heterocycles. The lowest BCUT2D eigenvalue weighted by molar-refractivity contribution is 0.104. The number of ketones is 1. The summed E-state index contributed by atoms with van der Waals surface area (Å²) in [5.74, 6) is 3.41. The summed E-state index contributed by atoms with van der Waals surface area (Å²) in [7, 11) is 4.68. The summed E-state index contributed by atoms with van der Waals surface area (Å²) >= 11 is 0. The van der Waals surface area contributed by atoms with Gasteiger partial charge in [-0.1, -0.05) is 6.08 Å². The Hall–Kier alpha value is -4.34. The number of nitrogens with one attached hydrogen (secondary N) is 1. The van der Waals surface area contributed by atoms with Gasteiger partial charge in [0.15, 0.2) is 17.3 Å². The summed E-state index contributed by atoms with van der Waals surface area (Å²) in [5, 5.41) is 3.34. The lowest BCUT2D eigenvalue weighted by Crippen LogP contribution is -2.34. The highest BCUT2D eigenvalue weighted by atomic mass is 16.5. The molecule has 2 aliphatic heterocycles. The molecular formula is C31H38N6O4. The number of hydrogen-bond donors (Lipinski definition) is 1. The summed E-state index contributed by atoms with van der Waals surface area (Å²) in [5.41, 5.74) is 2.13. The first-order valence-electron chi connectivity index (χ1n) is 14.2. The van der Waals surface area contributed by atoms with Crippen LogP contribution in [-0.4, -0.2) is 68.2 Å². The molecule has 10 heteroatoms. The number of aromatic nitrogens is 3. The third-order valence-electron chi connectivity index (χ3n) is 7.43. The molecule has 5 rings (SSSR count). The molecule has 3 aromatic rings. The molecule has 2 fully saturated rings. The average molecular weight is 559 g/mol. The van der Waals surface area contributed by atoms with Gasteiger partial charge in [0.1, 0.15) is 0 Å². The van der Waals surface area contributed by atoms with Gasteiger partial charge in [0, 0.05) is 37.4 Å². The van der Waals surface area contributed by atoms with Crippen molar-refractivity contribution in [1.29, 1.82) is 0 Å². The fourth-order valence-electron chi connectivity index (χ4n) is 5.19. The molecule has 0 aliphatic carbocycles. The fourth-order valence-corrected chi connectivity index (χ4v) is 5.19. The Kier molecular flexibility index (Phi) is 9.18. The minimum Gasteiger partial charge on any atom is -0.493 e. The molecule has 3 heterocycles. The first-order valence-corrected chi connectivity index (χ1v) is 14.2. The van der Waals surface area contributed by atoms with Gasteiger partial charge in [0.2, 0.25) is 23.6 Å². The summed E-state index contributed by atoms with van der Waals surface area (Å²) in [6, 6.07) is 10.9. The van der Waals surface area contributed by atoms with E-state index in [4.69, 9.17) is 29.2 Å². The number of anilines is 4. The van der Waals surface area contributed by atoms with E-state index >= 15 is 0 Å². The Morgan fingerprint density at radius 1 is 0.756 bits per heavy atom. The van der Waals surface area contributed by atoms with Crippen molar-refractivity contribution in [2.24, 2.45) is 0 Å². The van der Waals surface area contributed by atoms with E-state index in [9.17, 15) is 4.79 Å². The second-order valence-corrected chi connectivity index (χ2v) is 10.2. The smallest absolute Gasteiger partial charge is 0.233 e. The second kappa shape index (κ2) is 13.3. The number of piperidine rings is 2. The van der Waals surface area contributed by atoms with Gasteiger partial charge in [-0.05, 0) is 86.6 Å². The van der Waals surface area contributed by atoms with Crippen molar-refractivity contribution in [3.05, 3.63) is 53.6 Å². The van der Waals surface area contributed by atoms with Crippen molar-refractivity contribution in [3.8, 4) is 17.2 Å². The molecule has 1 N–H and O–H groups in total. The first-order chi connectivity index (χ1) is 20.1. The molecule has 0 atom stereocenters. The van der Waals surface area contributed by atoms with Crippen LogP contribution in [0.25, 0.3) is 6.08 Å². The zero-order valence-electron chi connectivity index (χ0n) is 24.1. The lowest BCUT2D eigenvalue weighted by atomic mass is 10.1. The molecule has 2 aromatic carbocycles. The highest BCUT2D eigenvalue weighted by Gasteiger charge is 2.20. The number of nitrogens with zero attached hydrogens (tertiary/aromatic N) is 5. The SMILES string of the molecule is COc1cc(/C=C/C(=O)c2ccc(Nc3nc(N4CCCCC4)nc(N4CCCCC4)n3)cc2)cc(OC)c1OC. The molecule has 0 amide bonds. The zero-order valence-corrected chi connectivity index (χ0v) is 24.1. The molecular weight excluding hydrogens is 520 g/mol. The Bertz CT molecular complexity index is 1300. The highest BCUT2D eigenvalue weighted by molar-refractivity contribution is 6.07. The molecule has 216 valence electrons. The summed E-state index contributed by atoms with van der Waals surface area (Å²) < 4.78 is 16.2. The number of allylic oxidation sites excluding steroid dienone is 1. The van der Waals surface area contributed by atoms with E-state index in [1.54, 1.807) is 51.7 Å². The normalized spacial score (nSPS) is 15.6. The minimum absolute atomic E-state index is 0.120. The number of benzene rings is 2. The average Bonchev–Trinajstić information content (AvgIpc) is 3.04. The number of carbonyl (C=O) groups is 1. The first kappa shape index (κ1) is 28.2. The van der Waals surface area contributed by atoms with E-state index in [-0.39, 0.29) is 5.78 Å². The van der Waals surface area contributed by atoms with Crippen molar-refractivity contribution >= 4 is 35.4 Å². The maximum atomic E-state index is 12.9. The molecule has 1 aromatic heterocycles. The summed E-state index contributed by atoms with van der Waals surface area (Å²) in [6.07, 6.45) is 10.4. The Balaban J connectivity index is 1.31. The summed E-state index contributed by atoms with van der Waals surface area (Å²) in [4.78, 5) is 31.8. The van der Waals surface area contributed by atoms with Crippen molar-refractivity contribution in [1.82, 2.24) is 15.0 Å². The molecule has 0 bridgehead atoms. The molecule has 0 spiro atoms. The minimum atomic E-state index is -0.120. The van der Waals surface area contributed by atoms with Crippen LogP contribution in [0, 0.1) is 0 Å². The van der Waals surface area contributed by atoms with Gasteiger partial charge in [-0.15, -0.1) is 0 Å². The van der Waals surface area contributed by atoms with Crippen LogP contribution in [0.2, 0.25) is 0 Å². The Morgan fingerprint density at radius 3 is 1.78 bits per heavy atom. The van der Waals surface area contributed by atoms with Crippen molar-refractivity contribution < 1.29 is 19.0 Å². The van der Waals surface area contributed by atoms with E-state index in [0.717, 1.165) is 75.0 Å². The molecule has 41 heavy (non-hydrogen) atoms. The Morgan fingerprint density at radius 2 is 1.29 bits per heavy atom. The van der Waals surface area contributed by atoms with E-state index in [2.05, 4.69) is 15.1 Å². The molecule has 10 nitrogen and oxygen atoms in total. The predicted molar refractivity (Wildman–Crippen MR) is 161 cm³/mol. The van der Waals surface area contributed by atoms with Crippen molar-refractivity contribution in [3.63, 3.8) is 0 Å². The number of hydrogen-bond acceptors (Lipinski definition) is 10. The van der Waals surface area contributed by atoms with Crippen LogP contribution in [0.15, 0.2) is 42.5 Å². The maximum Gasteiger partial charge on any atom is 0.233 e. The van der Waals surface area contributed by atoms with Gasteiger partial charge in [-0.2, -0.15) is 15.0 Å². The van der Waals surface area contributed by atoms with E-state index < -0.39 is 0 Å². The monoisotopic (exact) mass is 558 g/mol. The third-order valence-corrected chi connectivity index (χ3v) is 7.43. The largest absolute Gasteiger partial charge is 0.493 e. The zero-order chi connectivity index (χ0) is 28.6. The van der Waals surface area contributed by atoms with Gasteiger partial charge >= 0.3 is 0 Å². The highest BCUT2D eigenvalue weighted by Crippen LogP contribution is 2.38. The number of ether oxygens (including phenoxy) is 3. The summed E-state index contributed by atoms with van der Waals surface area (Å²) in [6.45, 7) is 3.85.